The third kappa shape index (κ3) is 5.17. The van der Waals surface area contributed by atoms with Crippen molar-refractivity contribution < 1.29 is 0 Å². The van der Waals surface area contributed by atoms with Crippen LogP contribution in [0.5, 0.6) is 0 Å². The molecule has 1 aromatic heterocycles. The van der Waals surface area contributed by atoms with Crippen LogP contribution in [-0.2, 0) is 6.54 Å². The Kier molecular flexibility index (Phi) is 7.77. The van der Waals surface area contributed by atoms with Crippen LogP contribution in [-0.4, -0.2) is 9.55 Å². The minimum Gasteiger partial charge on any atom is -0.324 e. The molecule has 0 N–H and O–H groups in total. The first-order chi connectivity index (χ1) is 29.6. The summed E-state index contributed by atoms with van der Waals surface area (Å²) in [4.78, 5) is 5.05. The molecule has 282 valence electrons. The zero-order valence-electron chi connectivity index (χ0n) is 33.6. The summed E-state index contributed by atoms with van der Waals surface area (Å²) in [7, 11) is 0. The highest BCUT2D eigenvalue weighted by Crippen LogP contribution is 2.46. The molecule has 0 atom stereocenters. The first kappa shape index (κ1) is 34.5. The lowest BCUT2D eigenvalue weighted by Gasteiger charge is -2.19. The van der Waals surface area contributed by atoms with E-state index in [0.29, 0.717) is 0 Å². The van der Waals surface area contributed by atoms with Crippen LogP contribution in [0.15, 0.2) is 194 Å². The number of imidazole rings is 1. The number of aromatic nitrogens is 2. The Hall–Kier alpha value is -7.55. The van der Waals surface area contributed by atoms with Crippen molar-refractivity contribution in [3.63, 3.8) is 0 Å². The Labute approximate surface area is 348 Å². The molecule has 0 radical (unpaired) electrons. The maximum Gasteiger partial charge on any atom is 0.141 e. The number of hydrogen-bond acceptors (Lipinski definition) is 1. The van der Waals surface area contributed by atoms with Crippen LogP contribution in [0, 0.1) is 6.92 Å². The minimum atomic E-state index is 0.863. The molecule has 0 fully saturated rings. The Bertz CT molecular complexity index is 3640. The molecule has 0 aliphatic heterocycles. The van der Waals surface area contributed by atoms with Gasteiger partial charge in [-0.15, -0.1) is 0 Å². The second kappa shape index (κ2) is 13.5. The fourth-order valence-corrected chi connectivity index (χ4v) is 10.2. The van der Waals surface area contributed by atoms with Crippen LogP contribution in [0.3, 0.4) is 0 Å². The van der Waals surface area contributed by atoms with Crippen LogP contribution in [0.4, 0.5) is 0 Å². The van der Waals surface area contributed by atoms with Crippen molar-refractivity contribution in [1.82, 2.24) is 9.55 Å². The van der Waals surface area contributed by atoms with E-state index < -0.39 is 0 Å². The van der Waals surface area contributed by atoms with E-state index in [-0.39, 0.29) is 0 Å². The third-order valence-electron chi connectivity index (χ3n) is 12.9. The van der Waals surface area contributed by atoms with Gasteiger partial charge in [0, 0.05) is 12.1 Å². The van der Waals surface area contributed by atoms with Gasteiger partial charge >= 0.3 is 0 Å². The second-order valence-electron chi connectivity index (χ2n) is 16.1. The molecule has 0 spiro atoms. The van der Waals surface area contributed by atoms with Crippen molar-refractivity contribution >= 4 is 75.7 Å². The summed E-state index contributed by atoms with van der Waals surface area (Å²) in [5.41, 5.74) is 12.1. The van der Waals surface area contributed by atoms with E-state index in [1.807, 2.05) is 0 Å². The smallest absolute Gasteiger partial charge is 0.141 e. The third-order valence-corrected chi connectivity index (χ3v) is 12.9. The first-order valence-corrected chi connectivity index (χ1v) is 21.0. The Balaban J connectivity index is 1.04. The molecule has 2 heteroatoms. The standard InChI is InChI=1S/C58H40N2/c1-3-60-52-24-9-8-23-51(52)59-58(60)41-30-27-40(28-31-41)55-45-17-4-6-19-47(45)56(48-20-7-5-18-46(48)55)43-33-34-44-42(35-43)32-29-38-15-11-21-49(54(38)44)50-22-12-16-39-26-25-37-14-10-13-36(2)53(37)57(39)50/h4-35H,3H2,1-2H3. The Morgan fingerprint density at radius 2 is 0.917 bits per heavy atom. The lowest BCUT2D eigenvalue weighted by Crippen LogP contribution is -1.97. The van der Waals surface area contributed by atoms with Gasteiger partial charge in [0.05, 0.1) is 11.0 Å². The van der Waals surface area contributed by atoms with E-state index in [4.69, 9.17) is 4.98 Å². The zero-order chi connectivity index (χ0) is 39.9. The minimum absolute atomic E-state index is 0.863. The first-order valence-electron chi connectivity index (χ1n) is 21.0. The summed E-state index contributed by atoms with van der Waals surface area (Å²) in [6.07, 6.45) is 0. The predicted octanol–water partition coefficient (Wildman–Crippen LogP) is 16.0. The Morgan fingerprint density at radius 1 is 0.400 bits per heavy atom. The van der Waals surface area contributed by atoms with Crippen LogP contribution >= 0.6 is 0 Å². The maximum absolute atomic E-state index is 5.05. The molecule has 12 aromatic rings. The van der Waals surface area contributed by atoms with Crippen LogP contribution in [0.1, 0.15) is 12.5 Å². The summed E-state index contributed by atoms with van der Waals surface area (Å²) in [5, 5.41) is 15.3. The molecule has 1 heterocycles. The number of hydrogen-bond donors (Lipinski definition) is 0. The average molecular weight is 765 g/mol. The molecule has 0 unspecified atom stereocenters. The lowest BCUT2D eigenvalue weighted by molar-refractivity contribution is 0.796. The van der Waals surface area contributed by atoms with E-state index in [2.05, 4.69) is 213 Å². The van der Waals surface area contributed by atoms with Crippen molar-refractivity contribution in [2.24, 2.45) is 0 Å². The molecule has 0 bridgehead atoms. The summed E-state index contributed by atoms with van der Waals surface area (Å²) in [6.45, 7) is 5.29. The van der Waals surface area contributed by atoms with E-state index in [1.165, 1.54) is 109 Å². The largest absolute Gasteiger partial charge is 0.324 e. The average Bonchev–Trinajstić information content (AvgIpc) is 3.69. The lowest BCUT2D eigenvalue weighted by atomic mass is 9.84. The fraction of sp³-hybridized carbons (Fsp3) is 0.0517. The Morgan fingerprint density at radius 3 is 1.58 bits per heavy atom. The molecule has 0 aliphatic carbocycles. The molecular formula is C58H40N2. The van der Waals surface area contributed by atoms with Crippen molar-refractivity contribution in [2.75, 3.05) is 0 Å². The highest BCUT2D eigenvalue weighted by molar-refractivity contribution is 6.24. The van der Waals surface area contributed by atoms with Crippen LogP contribution in [0.25, 0.3) is 120 Å². The number of aryl methyl sites for hydroxylation is 2. The molecular weight excluding hydrogens is 725 g/mol. The van der Waals surface area contributed by atoms with E-state index in [1.54, 1.807) is 0 Å². The van der Waals surface area contributed by atoms with Crippen LogP contribution in [0.2, 0.25) is 0 Å². The molecule has 2 nitrogen and oxygen atoms in total. The van der Waals surface area contributed by atoms with Crippen molar-refractivity contribution in [1.29, 1.82) is 0 Å². The number of fused-ring (bicyclic) bond motifs is 9. The highest BCUT2D eigenvalue weighted by Gasteiger charge is 2.19. The topological polar surface area (TPSA) is 17.8 Å². The number of benzene rings is 11. The predicted molar refractivity (Wildman–Crippen MR) is 257 cm³/mol. The summed E-state index contributed by atoms with van der Waals surface area (Å²) >= 11 is 0. The van der Waals surface area contributed by atoms with Crippen LogP contribution < -0.4 is 0 Å². The number of nitrogens with zero attached hydrogens (tertiary/aromatic N) is 2. The molecule has 11 aromatic carbocycles. The van der Waals surface area contributed by atoms with Gasteiger partial charge < -0.3 is 4.57 Å². The van der Waals surface area contributed by atoms with Crippen molar-refractivity contribution in [2.45, 2.75) is 20.4 Å². The highest BCUT2D eigenvalue weighted by atomic mass is 15.1. The van der Waals surface area contributed by atoms with E-state index in [9.17, 15) is 0 Å². The summed E-state index contributed by atoms with van der Waals surface area (Å²) < 4.78 is 2.31. The van der Waals surface area contributed by atoms with Gasteiger partial charge in [0.1, 0.15) is 5.82 Å². The van der Waals surface area contributed by atoms with Gasteiger partial charge in [-0.2, -0.15) is 0 Å². The van der Waals surface area contributed by atoms with Gasteiger partial charge in [0.25, 0.3) is 0 Å². The molecule has 60 heavy (non-hydrogen) atoms. The van der Waals surface area contributed by atoms with Crippen molar-refractivity contribution in [3.8, 4) is 44.8 Å². The van der Waals surface area contributed by atoms with E-state index >= 15 is 0 Å². The zero-order valence-corrected chi connectivity index (χ0v) is 33.6. The number of para-hydroxylation sites is 2. The van der Waals surface area contributed by atoms with Gasteiger partial charge in [-0.25, -0.2) is 4.98 Å². The fourth-order valence-electron chi connectivity index (χ4n) is 10.2. The summed E-state index contributed by atoms with van der Waals surface area (Å²) in [5.74, 6) is 1.01. The van der Waals surface area contributed by atoms with Gasteiger partial charge in [-0.1, -0.05) is 176 Å². The van der Waals surface area contributed by atoms with Gasteiger partial charge in [-0.3, -0.25) is 0 Å². The maximum atomic E-state index is 5.05. The second-order valence-corrected chi connectivity index (χ2v) is 16.1. The molecule has 0 saturated carbocycles. The monoisotopic (exact) mass is 764 g/mol. The van der Waals surface area contributed by atoms with E-state index in [0.717, 1.165) is 23.4 Å². The number of rotatable bonds is 5. The molecule has 0 aliphatic rings. The SMILES string of the molecule is CCn1c(-c2ccc(-c3c4ccccc4c(-c4ccc5c(ccc6cccc(-c7cccc8ccc9cccc(C)c9c78)c65)c4)c4ccccc34)cc2)nc2ccccc21. The van der Waals surface area contributed by atoms with Crippen molar-refractivity contribution in [3.05, 3.63) is 200 Å². The quantitative estimate of drug-likeness (QED) is 0.126. The summed E-state index contributed by atoms with van der Waals surface area (Å²) in [6, 6.07) is 71.8. The molecule has 0 saturated heterocycles. The molecule has 12 rings (SSSR count). The van der Waals surface area contributed by atoms with Gasteiger partial charge in [0.2, 0.25) is 0 Å². The normalized spacial score (nSPS) is 11.9. The van der Waals surface area contributed by atoms with Gasteiger partial charge in [-0.05, 0) is 136 Å². The molecule has 0 amide bonds. The van der Waals surface area contributed by atoms with Gasteiger partial charge in [0.15, 0.2) is 0 Å².